The number of nitro benzene ring substituents is 1. The van der Waals surface area contributed by atoms with Gasteiger partial charge in [0.1, 0.15) is 5.69 Å². The second kappa shape index (κ2) is 6.71. The second-order valence-corrected chi connectivity index (χ2v) is 6.49. The number of carbonyl (C=O) groups is 1. The number of rotatable bonds is 3. The summed E-state index contributed by atoms with van der Waals surface area (Å²) >= 11 is 11.2. The summed E-state index contributed by atoms with van der Waals surface area (Å²) in [6, 6.07) is 9.24. The maximum Gasteiger partial charge on any atom is 0.293 e. The van der Waals surface area contributed by atoms with E-state index in [0.717, 1.165) is 3.57 Å². The Morgan fingerprint density at radius 2 is 2.00 bits per heavy atom. The number of nitrogens with zero attached hydrogens (tertiary/aromatic N) is 1. The maximum absolute atomic E-state index is 12.1. The molecule has 5 nitrogen and oxygen atoms in total. The quantitative estimate of drug-likeness (QED) is 0.386. The van der Waals surface area contributed by atoms with Gasteiger partial charge in [-0.15, -0.1) is 0 Å². The smallest absolute Gasteiger partial charge is 0.293 e. The Morgan fingerprint density at radius 3 is 2.62 bits per heavy atom. The van der Waals surface area contributed by atoms with Gasteiger partial charge in [-0.05, 0) is 52.9 Å². The predicted molar refractivity (Wildman–Crippen MR) is 92.9 cm³/mol. The fourth-order valence-corrected chi connectivity index (χ4v) is 2.46. The third-order valence-electron chi connectivity index (χ3n) is 2.59. The first-order chi connectivity index (χ1) is 9.88. The Balaban J connectivity index is 2.31. The van der Waals surface area contributed by atoms with E-state index in [1.807, 2.05) is 22.6 Å². The SMILES string of the molecule is O=C(Nc1ccc(Br)cc1[N+](=O)[O-])c1ccc(I)c(Cl)c1. The van der Waals surface area contributed by atoms with Crippen molar-refractivity contribution >= 4 is 67.4 Å². The van der Waals surface area contributed by atoms with Crippen molar-refractivity contribution in [3.63, 3.8) is 0 Å². The standard InChI is InChI=1S/C13H7BrClIN2O3/c14-8-2-4-11(12(6-8)18(20)21)17-13(19)7-1-3-10(16)9(15)5-7/h1-6H,(H,17,19). The highest BCUT2D eigenvalue weighted by molar-refractivity contribution is 14.1. The molecule has 0 aliphatic heterocycles. The van der Waals surface area contributed by atoms with Crippen LogP contribution in [0.4, 0.5) is 11.4 Å². The molecule has 0 saturated carbocycles. The summed E-state index contributed by atoms with van der Waals surface area (Å²) in [4.78, 5) is 22.6. The molecule has 0 spiro atoms. The minimum Gasteiger partial charge on any atom is -0.316 e. The van der Waals surface area contributed by atoms with Crippen LogP contribution in [0, 0.1) is 13.7 Å². The minimum absolute atomic E-state index is 0.128. The number of nitrogens with one attached hydrogen (secondary N) is 1. The molecule has 0 radical (unpaired) electrons. The third-order valence-corrected chi connectivity index (χ3v) is 4.65. The highest BCUT2D eigenvalue weighted by Gasteiger charge is 2.17. The van der Waals surface area contributed by atoms with Crippen LogP contribution < -0.4 is 5.32 Å². The molecule has 21 heavy (non-hydrogen) atoms. The molecular formula is C13H7BrClIN2O3. The van der Waals surface area contributed by atoms with Crippen LogP contribution in [-0.2, 0) is 0 Å². The molecule has 0 aliphatic carbocycles. The molecular weight excluding hydrogens is 474 g/mol. The van der Waals surface area contributed by atoms with Crippen molar-refractivity contribution in [3.8, 4) is 0 Å². The molecule has 1 amide bonds. The lowest BCUT2D eigenvalue weighted by molar-refractivity contribution is -0.384. The summed E-state index contributed by atoms with van der Waals surface area (Å²) in [5, 5.41) is 14.0. The van der Waals surface area contributed by atoms with Crippen LogP contribution in [0.1, 0.15) is 10.4 Å². The van der Waals surface area contributed by atoms with Gasteiger partial charge in [-0.25, -0.2) is 0 Å². The Kier molecular flexibility index (Phi) is 5.17. The number of carbonyl (C=O) groups excluding carboxylic acids is 1. The predicted octanol–water partition coefficient (Wildman–Crippen LogP) is 4.87. The largest absolute Gasteiger partial charge is 0.316 e. The molecule has 108 valence electrons. The molecule has 2 aromatic carbocycles. The van der Waals surface area contributed by atoms with Crippen molar-refractivity contribution < 1.29 is 9.72 Å². The van der Waals surface area contributed by atoms with Crippen LogP contribution in [0.3, 0.4) is 0 Å². The lowest BCUT2D eigenvalue weighted by Gasteiger charge is -2.07. The summed E-state index contributed by atoms with van der Waals surface area (Å²) in [6.07, 6.45) is 0. The van der Waals surface area contributed by atoms with Crippen molar-refractivity contribution in [1.82, 2.24) is 0 Å². The molecule has 8 heteroatoms. The van der Waals surface area contributed by atoms with Crippen LogP contribution in [0.5, 0.6) is 0 Å². The highest BCUT2D eigenvalue weighted by atomic mass is 127. The van der Waals surface area contributed by atoms with E-state index >= 15 is 0 Å². The van der Waals surface area contributed by atoms with Crippen molar-refractivity contribution in [3.05, 3.63) is 65.1 Å². The van der Waals surface area contributed by atoms with Crippen LogP contribution >= 0.6 is 50.1 Å². The number of amides is 1. The van der Waals surface area contributed by atoms with Gasteiger partial charge in [0.15, 0.2) is 0 Å². The maximum atomic E-state index is 12.1. The summed E-state index contributed by atoms with van der Waals surface area (Å²) in [5.41, 5.74) is 0.273. The summed E-state index contributed by atoms with van der Waals surface area (Å²) in [5.74, 6) is -0.460. The monoisotopic (exact) mass is 480 g/mol. The van der Waals surface area contributed by atoms with E-state index in [1.54, 1.807) is 18.2 Å². The van der Waals surface area contributed by atoms with E-state index in [-0.39, 0.29) is 11.4 Å². The number of anilines is 1. The Labute approximate surface area is 147 Å². The van der Waals surface area contributed by atoms with Crippen LogP contribution in [0.15, 0.2) is 40.9 Å². The van der Waals surface area contributed by atoms with E-state index < -0.39 is 10.8 Å². The molecule has 0 bridgehead atoms. The van der Waals surface area contributed by atoms with Gasteiger partial charge in [-0.1, -0.05) is 27.5 Å². The minimum atomic E-state index is -0.554. The Morgan fingerprint density at radius 1 is 1.29 bits per heavy atom. The molecule has 1 N–H and O–H groups in total. The van der Waals surface area contributed by atoms with Crippen LogP contribution in [0.2, 0.25) is 5.02 Å². The van der Waals surface area contributed by atoms with Gasteiger partial charge in [-0.3, -0.25) is 14.9 Å². The Bertz CT molecular complexity index is 739. The van der Waals surface area contributed by atoms with Crippen molar-refractivity contribution in [2.75, 3.05) is 5.32 Å². The number of benzene rings is 2. The average Bonchev–Trinajstić information content (AvgIpc) is 2.43. The van der Waals surface area contributed by atoms with Crippen LogP contribution in [-0.4, -0.2) is 10.8 Å². The van der Waals surface area contributed by atoms with E-state index in [4.69, 9.17) is 11.6 Å². The fraction of sp³-hybridized carbons (Fsp3) is 0. The molecule has 0 heterocycles. The number of hydrogen-bond donors (Lipinski definition) is 1. The number of nitro groups is 1. The van der Waals surface area contributed by atoms with Gasteiger partial charge in [0.25, 0.3) is 11.6 Å². The number of hydrogen-bond acceptors (Lipinski definition) is 3. The van der Waals surface area contributed by atoms with Crippen molar-refractivity contribution in [2.24, 2.45) is 0 Å². The van der Waals surface area contributed by atoms with Crippen molar-refractivity contribution in [1.29, 1.82) is 0 Å². The van der Waals surface area contributed by atoms with E-state index in [0.29, 0.717) is 15.1 Å². The van der Waals surface area contributed by atoms with Gasteiger partial charge in [0, 0.05) is 19.7 Å². The van der Waals surface area contributed by atoms with E-state index in [9.17, 15) is 14.9 Å². The zero-order chi connectivity index (χ0) is 15.6. The van der Waals surface area contributed by atoms with Gasteiger partial charge in [-0.2, -0.15) is 0 Å². The molecule has 0 fully saturated rings. The molecule has 0 unspecified atom stereocenters. The summed E-state index contributed by atoms with van der Waals surface area (Å²) in [7, 11) is 0. The lowest BCUT2D eigenvalue weighted by atomic mass is 10.2. The molecule has 0 aliphatic rings. The Hall–Kier alpha value is -1.19. The zero-order valence-electron chi connectivity index (χ0n) is 10.3. The normalized spacial score (nSPS) is 10.2. The summed E-state index contributed by atoms with van der Waals surface area (Å²) < 4.78 is 1.38. The molecule has 0 atom stereocenters. The van der Waals surface area contributed by atoms with Gasteiger partial charge in [0.05, 0.1) is 9.95 Å². The first-order valence-corrected chi connectivity index (χ1v) is 7.84. The van der Waals surface area contributed by atoms with Crippen LogP contribution in [0.25, 0.3) is 0 Å². The van der Waals surface area contributed by atoms with Gasteiger partial charge < -0.3 is 5.32 Å². The average molecular weight is 481 g/mol. The van der Waals surface area contributed by atoms with Gasteiger partial charge in [0.2, 0.25) is 0 Å². The molecule has 0 saturated heterocycles. The van der Waals surface area contributed by atoms with Gasteiger partial charge >= 0.3 is 0 Å². The first kappa shape index (κ1) is 16.2. The highest BCUT2D eigenvalue weighted by Crippen LogP contribution is 2.28. The molecule has 2 rings (SSSR count). The summed E-state index contributed by atoms with van der Waals surface area (Å²) in [6.45, 7) is 0. The van der Waals surface area contributed by atoms with E-state index in [2.05, 4.69) is 21.2 Å². The second-order valence-electron chi connectivity index (χ2n) is 4.00. The third kappa shape index (κ3) is 3.92. The lowest BCUT2D eigenvalue weighted by Crippen LogP contribution is -2.13. The zero-order valence-corrected chi connectivity index (χ0v) is 14.8. The molecule has 2 aromatic rings. The van der Waals surface area contributed by atoms with Crippen molar-refractivity contribution in [2.45, 2.75) is 0 Å². The molecule has 0 aromatic heterocycles. The number of halogens is 3. The van der Waals surface area contributed by atoms with E-state index in [1.165, 1.54) is 18.2 Å². The topological polar surface area (TPSA) is 72.2 Å². The fourth-order valence-electron chi connectivity index (χ4n) is 1.59. The first-order valence-electron chi connectivity index (χ1n) is 5.59.